The summed E-state index contributed by atoms with van der Waals surface area (Å²) in [6.45, 7) is 1.85. The van der Waals surface area contributed by atoms with Crippen LogP contribution in [0.1, 0.15) is 30.1 Å². The molecule has 1 rings (SSSR count). The van der Waals surface area contributed by atoms with Gasteiger partial charge in [-0.1, -0.05) is 11.6 Å². The Balaban J connectivity index is 2.56. The number of rotatable bonds is 6. The van der Waals surface area contributed by atoms with Gasteiger partial charge >= 0.3 is 0 Å². The van der Waals surface area contributed by atoms with Gasteiger partial charge in [0.15, 0.2) is 5.78 Å². The largest absolute Gasteiger partial charge is 0.493 e. The number of carbonyl (C=O) groups excluding carboxylic acids is 2. The molecule has 4 nitrogen and oxygen atoms in total. The Kier molecular flexibility index (Phi) is 5.65. The predicted octanol–water partition coefficient (Wildman–Crippen LogP) is 2.45. The fraction of sp³-hybridized carbons (Fsp3) is 0.385. The van der Waals surface area contributed by atoms with E-state index in [0.29, 0.717) is 35.8 Å². The van der Waals surface area contributed by atoms with Crippen LogP contribution in [0.5, 0.6) is 5.75 Å². The Morgan fingerprint density at radius 3 is 2.72 bits per heavy atom. The molecule has 0 aliphatic carbocycles. The molecule has 0 radical (unpaired) electrons. The van der Waals surface area contributed by atoms with Crippen LogP contribution in [0.25, 0.3) is 0 Å². The molecule has 0 aliphatic heterocycles. The molecule has 0 aromatic heterocycles. The number of ketones is 1. The van der Waals surface area contributed by atoms with Crippen molar-refractivity contribution in [2.45, 2.75) is 19.8 Å². The number of carbonyl (C=O) groups is 2. The highest BCUT2D eigenvalue weighted by atomic mass is 35.5. The number of Topliss-reactive ketones (excluding diaryl/α,β-unsaturated/α-hetero) is 1. The molecule has 0 aliphatic rings. The summed E-state index contributed by atoms with van der Waals surface area (Å²) < 4.78 is 5.49. The minimum atomic E-state index is -0.0983. The summed E-state index contributed by atoms with van der Waals surface area (Å²) in [7, 11) is 1.59. The first-order chi connectivity index (χ1) is 8.54. The fourth-order valence-corrected chi connectivity index (χ4v) is 1.62. The lowest BCUT2D eigenvalue weighted by atomic mass is 10.1. The average Bonchev–Trinajstić information content (AvgIpc) is 2.35. The molecule has 0 saturated carbocycles. The van der Waals surface area contributed by atoms with E-state index in [1.54, 1.807) is 25.2 Å². The lowest BCUT2D eigenvalue weighted by Crippen LogP contribution is -2.18. The van der Waals surface area contributed by atoms with Crippen LogP contribution in [0.2, 0.25) is 5.02 Å². The maximum Gasteiger partial charge on any atom is 0.219 e. The Hall–Kier alpha value is -1.55. The van der Waals surface area contributed by atoms with Crippen molar-refractivity contribution in [2.24, 2.45) is 0 Å². The Morgan fingerprint density at radius 1 is 1.39 bits per heavy atom. The van der Waals surface area contributed by atoms with Gasteiger partial charge in [-0.15, -0.1) is 0 Å². The van der Waals surface area contributed by atoms with E-state index in [0.717, 1.165) is 0 Å². The van der Waals surface area contributed by atoms with Gasteiger partial charge in [0.25, 0.3) is 0 Å². The van der Waals surface area contributed by atoms with Crippen LogP contribution in [-0.2, 0) is 4.79 Å². The molecule has 5 heteroatoms. The van der Waals surface area contributed by atoms with Crippen molar-refractivity contribution in [1.82, 2.24) is 5.32 Å². The van der Waals surface area contributed by atoms with Gasteiger partial charge in [-0.25, -0.2) is 0 Å². The van der Waals surface area contributed by atoms with E-state index < -0.39 is 0 Å². The standard InChI is InChI=1S/C13H16ClNO3/c1-9(16)11-8-10(14)5-6-12(11)18-7-3-4-13(17)15-2/h5-6,8H,3-4,7H2,1-2H3,(H,15,17). The first kappa shape index (κ1) is 14.5. The maximum atomic E-state index is 11.4. The lowest BCUT2D eigenvalue weighted by Gasteiger charge is -2.09. The fourth-order valence-electron chi connectivity index (χ4n) is 1.44. The number of halogens is 1. The van der Waals surface area contributed by atoms with Gasteiger partial charge in [0.1, 0.15) is 5.75 Å². The molecular formula is C13H16ClNO3. The van der Waals surface area contributed by atoms with E-state index in [1.165, 1.54) is 6.92 Å². The van der Waals surface area contributed by atoms with Gasteiger partial charge in [0.2, 0.25) is 5.91 Å². The third kappa shape index (κ3) is 4.37. The monoisotopic (exact) mass is 269 g/mol. The second-order valence-corrected chi connectivity index (χ2v) is 4.26. The zero-order chi connectivity index (χ0) is 13.5. The van der Waals surface area contributed by atoms with Crippen LogP contribution >= 0.6 is 11.6 Å². The van der Waals surface area contributed by atoms with E-state index in [1.807, 2.05) is 0 Å². The summed E-state index contributed by atoms with van der Waals surface area (Å²) in [6.07, 6.45) is 0.999. The van der Waals surface area contributed by atoms with Crippen molar-refractivity contribution in [1.29, 1.82) is 0 Å². The van der Waals surface area contributed by atoms with Crippen molar-refractivity contribution >= 4 is 23.3 Å². The molecule has 0 bridgehead atoms. The SMILES string of the molecule is CNC(=O)CCCOc1ccc(Cl)cc1C(C)=O. The molecule has 0 unspecified atom stereocenters. The van der Waals surface area contributed by atoms with Crippen LogP contribution < -0.4 is 10.1 Å². The Bertz CT molecular complexity index is 446. The molecule has 1 aromatic rings. The normalized spacial score (nSPS) is 9.94. The molecule has 0 saturated heterocycles. The van der Waals surface area contributed by atoms with Crippen molar-refractivity contribution in [3.63, 3.8) is 0 Å². The van der Waals surface area contributed by atoms with E-state index >= 15 is 0 Å². The molecule has 1 aromatic carbocycles. The Labute approximate surface area is 111 Å². The van der Waals surface area contributed by atoms with Gasteiger partial charge in [0, 0.05) is 18.5 Å². The second-order valence-electron chi connectivity index (χ2n) is 3.82. The number of ether oxygens (including phenoxy) is 1. The van der Waals surface area contributed by atoms with Crippen LogP contribution in [0, 0.1) is 0 Å². The molecule has 1 amide bonds. The van der Waals surface area contributed by atoms with Gasteiger partial charge in [-0.05, 0) is 31.5 Å². The number of hydrogen-bond acceptors (Lipinski definition) is 3. The molecular weight excluding hydrogens is 254 g/mol. The van der Waals surface area contributed by atoms with Crippen LogP contribution in [0.15, 0.2) is 18.2 Å². The average molecular weight is 270 g/mol. The maximum absolute atomic E-state index is 11.4. The van der Waals surface area contributed by atoms with E-state index in [2.05, 4.69) is 5.32 Å². The molecule has 0 spiro atoms. The van der Waals surface area contributed by atoms with Crippen molar-refractivity contribution < 1.29 is 14.3 Å². The zero-order valence-electron chi connectivity index (χ0n) is 10.5. The predicted molar refractivity (Wildman–Crippen MR) is 70.3 cm³/mol. The van der Waals surface area contributed by atoms with Gasteiger partial charge in [-0.3, -0.25) is 9.59 Å². The summed E-state index contributed by atoms with van der Waals surface area (Å²) in [6, 6.07) is 4.92. The number of amides is 1. The number of benzene rings is 1. The highest BCUT2D eigenvalue weighted by Gasteiger charge is 2.09. The summed E-state index contributed by atoms with van der Waals surface area (Å²) in [5.74, 6) is 0.379. The third-order valence-corrected chi connectivity index (χ3v) is 2.64. The van der Waals surface area contributed by atoms with Crippen molar-refractivity contribution in [3.05, 3.63) is 28.8 Å². The lowest BCUT2D eigenvalue weighted by molar-refractivity contribution is -0.120. The second kappa shape index (κ2) is 7.01. The first-order valence-electron chi connectivity index (χ1n) is 5.68. The molecule has 0 atom stereocenters. The quantitative estimate of drug-likeness (QED) is 0.637. The van der Waals surface area contributed by atoms with Crippen LogP contribution in [0.3, 0.4) is 0 Å². The zero-order valence-corrected chi connectivity index (χ0v) is 11.2. The third-order valence-electron chi connectivity index (χ3n) is 2.41. The minimum absolute atomic E-state index is 0.0264. The van der Waals surface area contributed by atoms with Crippen LogP contribution in [-0.4, -0.2) is 25.3 Å². The summed E-state index contributed by atoms with van der Waals surface area (Å²) in [4.78, 5) is 22.4. The molecule has 0 heterocycles. The van der Waals surface area contributed by atoms with Gasteiger partial charge in [-0.2, -0.15) is 0 Å². The van der Waals surface area contributed by atoms with Gasteiger partial charge < -0.3 is 10.1 Å². The molecule has 18 heavy (non-hydrogen) atoms. The molecule has 1 N–H and O–H groups in total. The van der Waals surface area contributed by atoms with Crippen molar-refractivity contribution in [3.8, 4) is 5.75 Å². The van der Waals surface area contributed by atoms with Crippen LogP contribution in [0.4, 0.5) is 0 Å². The Morgan fingerprint density at radius 2 is 2.11 bits per heavy atom. The summed E-state index contributed by atoms with van der Waals surface area (Å²) in [5, 5.41) is 3.03. The summed E-state index contributed by atoms with van der Waals surface area (Å²) >= 11 is 5.82. The smallest absolute Gasteiger partial charge is 0.219 e. The first-order valence-corrected chi connectivity index (χ1v) is 6.06. The van der Waals surface area contributed by atoms with E-state index in [4.69, 9.17) is 16.3 Å². The molecule has 0 fully saturated rings. The number of hydrogen-bond donors (Lipinski definition) is 1. The number of nitrogens with one attached hydrogen (secondary N) is 1. The molecule has 98 valence electrons. The highest BCUT2D eigenvalue weighted by Crippen LogP contribution is 2.23. The highest BCUT2D eigenvalue weighted by molar-refractivity contribution is 6.31. The topological polar surface area (TPSA) is 55.4 Å². The van der Waals surface area contributed by atoms with Gasteiger partial charge in [0.05, 0.1) is 12.2 Å². The summed E-state index contributed by atoms with van der Waals surface area (Å²) in [5.41, 5.74) is 0.461. The van der Waals surface area contributed by atoms with Crippen molar-refractivity contribution in [2.75, 3.05) is 13.7 Å². The van der Waals surface area contributed by atoms with E-state index in [9.17, 15) is 9.59 Å². The minimum Gasteiger partial charge on any atom is -0.493 e. The van der Waals surface area contributed by atoms with E-state index in [-0.39, 0.29) is 11.7 Å².